The lowest BCUT2D eigenvalue weighted by molar-refractivity contribution is -0.242. The van der Waals surface area contributed by atoms with Gasteiger partial charge in [-0.2, -0.15) is 0 Å². The highest BCUT2D eigenvalue weighted by atomic mass is 17.1. The van der Waals surface area contributed by atoms with Crippen LogP contribution in [0.4, 0.5) is 0 Å². The van der Waals surface area contributed by atoms with Crippen molar-refractivity contribution in [1.82, 2.24) is 0 Å². The molecule has 4 heteroatoms. The fourth-order valence-electron chi connectivity index (χ4n) is 1.32. The van der Waals surface area contributed by atoms with E-state index in [1.807, 2.05) is 0 Å². The topological polar surface area (TPSA) is 55.8 Å². The molecule has 0 heterocycles. The lowest BCUT2D eigenvalue weighted by Gasteiger charge is -2.14. The Hall–Kier alpha value is -0.610. The van der Waals surface area contributed by atoms with Crippen LogP contribution in [0.2, 0.25) is 0 Å². The van der Waals surface area contributed by atoms with Crippen molar-refractivity contribution in [3.8, 4) is 0 Å². The van der Waals surface area contributed by atoms with E-state index in [1.165, 1.54) is 0 Å². The molecule has 1 unspecified atom stereocenters. The first-order valence-corrected chi connectivity index (χ1v) is 5.66. The monoisotopic (exact) mass is 218 g/mol. The number of rotatable bonds is 9. The summed E-state index contributed by atoms with van der Waals surface area (Å²) in [7, 11) is 0. The molecule has 0 saturated carbocycles. The molecule has 0 fully saturated rings. The van der Waals surface area contributed by atoms with Gasteiger partial charge in [-0.3, -0.25) is 10.1 Å². The predicted octanol–water partition coefficient (Wildman–Crippen LogP) is 2.63. The van der Waals surface area contributed by atoms with E-state index in [1.54, 1.807) is 6.92 Å². The van der Waals surface area contributed by atoms with Crippen LogP contribution in [0.5, 0.6) is 0 Å². The van der Waals surface area contributed by atoms with Crippen molar-refractivity contribution in [2.45, 2.75) is 46.0 Å². The third-order valence-electron chi connectivity index (χ3n) is 2.44. The maximum atomic E-state index is 10.9. The first kappa shape index (κ1) is 14.4. The summed E-state index contributed by atoms with van der Waals surface area (Å²) < 4.78 is 5.08. The first-order valence-electron chi connectivity index (χ1n) is 5.66. The zero-order valence-corrected chi connectivity index (χ0v) is 9.70. The molecular formula is C11H22O4. The molecule has 0 aromatic carbocycles. The number of hydrogen-bond acceptors (Lipinski definition) is 4. The zero-order chi connectivity index (χ0) is 11.5. The summed E-state index contributed by atoms with van der Waals surface area (Å²) in [6, 6.07) is 0. The molecule has 1 N–H and O–H groups in total. The second-order valence-electron chi connectivity index (χ2n) is 3.64. The van der Waals surface area contributed by atoms with Crippen molar-refractivity contribution in [3.63, 3.8) is 0 Å². The van der Waals surface area contributed by atoms with Crippen LogP contribution in [-0.4, -0.2) is 24.4 Å². The molecule has 0 aliphatic carbocycles. The van der Waals surface area contributed by atoms with Crippen LogP contribution in [0.1, 0.15) is 46.0 Å². The molecule has 0 aliphatic rings. The van der Waals surface area contributed by atoms with Gasteiger partial charge in [-0.05, 0) is 18.8 Å². The van der Waals surface area contributed by atoms with Crippen molar-refractivity contribution in [1.29, 1.82) is 0 Å². The average Bonchev–Trinajstić information content (AvgIpc) is 2.27. The molecule has 15 heavy (non-hydrogen) atoms. The molecule has 0 bridgehead atoms. The highest BCUT2D eigenvalue weighted by Gasteiger charge is 2.08. The van der Waals surface area contributed by atoms with Crippen molar-refractivity contribution in [2.75, 3.05) is 13.2 Å². The standard InChI is InChI=1S/C11H22O4/c1-3-10(7-5-6-8-15-13)9-14-11(12)4-2/h10,13H,3-9H2,1-2H3. The van der Waals surface area contributed by atoms with Crippen LogP contribution in [0.15, 0.2) is 0 Å². The van der Waals surface area contributed by atoms with Gasteiger partial charge in [0.25, 0.3) is 0 Å². The molecule has 4 nitrogen and oxygen atoms in total. The molecule has 0 aliphatic heterocycles. The maximum absolute atomic E-state index is 10.9. The number of esters is 1. The van der Waals surface area contributed by atoms with Gasteiger partial charge >= 0.3 is 5.97 Å². The van der Waals surface area contributed by atoms with E-state index in [2.05, 4.69) is 11.8 Å². The molecule has 0 radical (unpaired) electrons. The van der Waals surface area contributed by atoms with Gasteiger partial charge in [-0.15, -0.1) is 0 Å². The van der Waals surface area contributed by atoms with Gasteiger partial charge in [-0.1, -0.05) is 26.7 Å². The summed E-state index contributed by atoms with van der Waals surface area (Å²) in [6.07, 6.45) is 4.29. The van der Waals surface area contributed by atoms with Crippen LogP contribution >= 0.6 is 0 Å². The van der Waals surface area contributed by atoms with Crippen LogP contribution in [0.3, 0.4) is 0 Å². The lowest BCUT2D eigenvalue weighted by atomic mass is 10.0. The number of unbranched alkanes of at least 4 members (excludes halogenated alkanes) is 1. The van der Waals surface area contributed by atoms with E-state index in [4.69, 9.17) is 9.99 Å². The van der Waals surface area contributed by atoms with Crippen molar-refractivity contribution < 1.29 is 19.7 Å². The molecule has 90 valence electrons. The van der Waals surface area contributed by atoms with Gasteiger partial charge in [0, 0.05) is 6.42 Å². The van der Waals surface area contributed by atoms with E-state index in [0.29, 0.717) is 25.6 Å². The summed E-state index contributed by atoms with van der Waals surface area (Å²) in [6.45, 7) is 4.78. The largest absolute Gasteiger partial charge is 0.465 e. The third kappa shape index (κ3) is 8.39. The molecule has 1 atom stereocenters. The number of hydrogen-bond donors (Lipinski definition) is 1. The second kappa shape index (κ2) is 9.93. The summed E-state index contributed by atoms with van der Waals surface area (Å²) in [4.78, 5) is 14.9. The smallest absolute Gasteiger partial charge is 0.305 e. The molecule has 0 amide bonds. The first-order chi connectivity index (χ1) is 7.24. The van der Waals surface area contributed by atoms with Gasteiger partial charge in [0.2, 0.25) is 0 Å². The Balaban J connectivity index is 3.50. The van der Waals surface area contributed by atoms with Crippen molar-refractivity contribution in [3.05, 3.63) is 0 Å². The molecule has 0 saturated heterocycles. The number of carbonyl (C=O) groups excluding carboxylic acids is 1. The van der Waals surface area contributed by atoms with E-state index >= 15 is 0 Å². The van der Waals surface area contributed by atoms with Crippen molar-refractivity contribution in [2.24, 2.45) is 5.92 Å². The van der Waals surface area contributed by atoms with E-state index in [-0.39, 0.29) is 5.97 Å². The fraction of sp³-hybridized carbons (Fsp3) is 0.909. The number of ether oxygens (including phenoxy) is 1. The molecule has 0 rings (SSSR count). The van der Waals surface area contributed by atoms with E-state index in [9.17, 15) is 4.79 Å². The molecular weight excluding hydrogens is 196 g/mol. The Labute approximate surface area is 91.5 Å². The summed E-state index contributed by atoms with van der Waals surface area (Å²) in [5.74, 6) is 0.298. The number of carbonyl (C=O) groups is 1. The van der Waals surface area contributed by atoms with Gasteiger partial charge in [0.05, 0.1) is 13.2 Å². The van der Waals surface area contributed by atoms with Gasteiger partial charge in [0.1, 0.15) is 0 Å². The van der Waals surface area contributed by atoms with Crippen LogP contribution < -0.4 is 0 Å². The van der Waals surface area contributed by atoms with Crippen molar-refractivity contribution >= 4 is 5.97 Å². The summed E-state index contributed by atoms with van der Waals surface area (Å²) in [5.41, 5.74) is 0. The lowest BCUT2D eigenvalue weighted by Crippen LogP contribution is -2.13. The molecule has 0 aromatic heterocycles. The quantitative estimate of drug-likeness (QED) is 0.280. The minimum atomic E-state index is -0.132. The zero-order valence-electron chi connectivity index (χ0n) is 9.70. The van der Waals surface area contributed by atoms with E-state index < -0.39 is 0 Å². The Bertz CT molecular complexity index is 159. The van der Waals surface area contributed by atoms with Crippen LogP contribution in [0.25, 0.3) is 0 Å². The molecule has 0 aromatic rings. The van der Waals surface area contributed by atoms with E-state index in [0.717, 1.165) is 25.7 Å². The van der Waals surface area contributed by atoms with Gasteiger partial charge in [-0.25, -0.2) is 4.89 Å². The highest BCUT2D eigenvalue weighted by Crippen LogP contribution is 2.13. The Morgan fingerprint density at radius 2 is 2.07 bits per heavy atom. The highest BCUT2D eigenvalue weighted by molar-refractivity contribution is 5.68. The summed E-state index contributed by atoms with van der Waals surface area (Å²) >= 11 is 0. The fourth-order valence-corrected chi connectivity index (χ4v) is 1.32. The Morgan fingerprint density at radius 3 is 2.60 bits per heavy atom. The van der Waals surface area contributed by atoms with Gasteiger partial charge in [0.15, 0.2) is 0 Å². The summed E-state index contributed by atoms with van der Waals surface area (Å²) in [5, 5.41) is 8.13. The Morgan fingerprint density at radius 1 is 1.33 bits per heavy atom. The molecule has 0 spiro atoms. The maximum Gasteiger partial charge on any atom is 0.305 e. The minimum Gasteiger partial charge on any atom is -0.465 e. The minimum absolute atomic E-state index is 0.132. The SMILES string of the molecule is CCC(=O)OCC(CC)CCCCOO. The van der Waals surface area contributed by atoms with Crippen LogP contribution in [-0.2, 0) is 14.4 Å². The normalized spacial score (nSPS) is 12.5. The average molecular weight is 218 g/mol. The second-order valence-corrected chi connectivity index (χ2v) is 3.64. The van der Waals surface area contributed by atoms with Crippen LogP contribution in [0, 0.1) is 5.92 Å². The van der Waals surface area contributed by atoms with Gasteiger partial charge < -0.3 is 4.74 Å². The third-order valence-corrected chi connectivity index (χ3v) is 2.44. The predicted molar refractivity (Wildman–Crippen MR) is 57.5 cm³/mol. The Kier molecular flexibility index (Phi) is 9.52.